The normalized spacial score (nSPS) is 23.7. The first-order valence-electron chi connectivity index (χ1n) is 4.85. The summed E-state index contributed by atoms with van der Waals surface area (Å²) in [6.07, 6.45) is 1.81. The van der Waals surface area contributed by atoms with Crippen LogP contribution in [0.4, 0.5) is 0 Å². The smallest absolute Gasteiger partial charge is 0.147 e. The summed E-state index contributed by atoms with van der Waals surface area (Å²) in [5, 5.41) is 0. The maximum absolute atomic E-state index is 5.43. The predicted octanol–water partition coefficient (Wildman–Crippen LogP) is 0.788. The van der Waals surface area contributed by atoms with Crippen LogP contribution in [0.15, 0.2) is 12.3 Å². The zero-order valence-corrected chi connectivity index (χ0v) is 8.60. The fourth-order valence-electron chi connectivity index (χ4n) is 1.59. The van der Waals surface area contributed by atoms with E-state index >= 15 is 0 Å². The quantitative estimate of drug-likeness (QED) is 0.661. The van der Waals surface area contributed by atoms with Gasteiger partial charge in [-0.15, -0.1) is 0 Å². The largest absolute Gasteiger partial charge is 0.378 e. The highest BCUT2D eigenvalue weighted by Gasteiger charge is 2.23. The maximum Gasteiger partial charge on any atom is 0.147 e. The summed E-state index contributed by atoms with van der Waals surface area (Å²) < 4.78 is 5.43. The molecule has 0 amide bonds. The number of nitrogens with zero attached hydrogens (tertiary/aromatic N) is 3. The number of hydrogen-bond acceptors (Lipinski definition) is 4. The van der Waals surface area contributed by atoms with E-state index in [9.17, 15) is 0 Å². The van der Waals surface area contributed by atoms with Gasteiger partial charge in [-0.2, -0.15) is 0 Å². The Bertz CT molecular complexity index is 316. The average molecular weight is 193 g/mol. The maximum atomic E-state index is 5.43. The Morgan fingerprint density at radius 3 is 3.14 bits per heavy atom. The fourth-order valence-corrected chi connectivity index (χ4v) is 1.59. The Morgan fingerprint density at radius 2 is 2.43 bits per heavy atom. The van der Waals surface area contributed by atoms with Crippen molar-refractivity contribution in [3.8, 4) is 0 Å². The fraction of sp³-hybridized carbons (Fsp3) is 0.600. The number of rotatable bonds is 1. The molecule has 0 aromatic carbocycles. The van der Waals surface area contributed by atoms with Crippen LogP contribution < -0.4 is 0 Å². The molecule has 1 aromatic rings. The molecule has 1 aromatic heterocycles. The van der Waals surface area contributed by atoms with Gasteiger partial charge >= 0.3 is 0 Å². The van der Waals surface area contributed by atoms with E-state index in [-0.39, 0.29) is 6.04 Å². The lowest BCUT2D eigenvalue weighted by Gasteiger charge is -2.31. The molecule has 1 fully saturated rings. The van der Waals surface area contributed by atoms with Gasteiger partial charge in [0.1, 0.15) is 5.82 Å². The number of ether oxygens (including phenoxy) is 1. The third kappa shape index (κ3) is 1.91. The number of aromatic nitrogens is 2. The van der Waals surface area contributed by atoms with Crippen LogP contribution in [-0.4, -0.2) is 41.7 Å². The van der Waals surface area contributed by atoms with E-state index < -0.39 is 0 Å². The minimum atomic E-state index is 0.212. The zero-order valence-electron chi connectivity index (χ0n) is 8.60. The lowest BCUT2D eigenvalue weighted by molar-refractivity contribution is 0.00177. The third-order valence-corrected chi connectivity index (χ3v) is 2.51. The minimum absolute atomic E-state index is 0.212. The van der Waals surface area contributed by atoms with Gasteiger partial charge in [0.05, 0.1) is 19.3 Å². The second kappa shape index (κ2) is 4.02. The van der Waals surface area contributed by atoms with Gasteiger partial charge in [0, 0.05) is 18.4 Å². The van der Waals surface area contributed by atoms with Crippen LogP contribution in [0.5, 0.6) is 0 Å². The Kier molecular flexibility index (Phi) is 2.74. The van der Waals surface area contributed by atoms with E-state index in [0.29, 0.717) is 6.61 Å². The molecular weight excluding hydrogens is 178 g/mol. The van der Waals surface area contributed by atoms with Gasteiger partial charge in [-0.25, -0.2) is 9.97 Å². The summed E-state index contributed by atoms with van der Waals surface area (Å²) in [7, 11) is 2.08. The lowest BCUT2D eigenvalue weighted by Crippen LogP contribution is -2.37. The van der Waals surface area contributed by atoms with Gasteiger partial charge in [0.25, 0.3) is 0 Å². The van der Waals surface area contributed by atoms with E-state index in [0.717, 1.165) is 24.7 Å². The second-order valence-electron chi connectivity index (χ2n) is 3.63. The van der Waals surface area contributed by atoms with Crippen molar-refractivity contribution < 1.29 is 4.74 Å². The Balaban J connectivity index is 2.20. The number of likely N-dealkylation sites (N-methyl/N-ethyl adjacent to an activating group) is 1. The van der Waals surface area contributed by atoms with E-state index in [2.05, 4.69) is 21.9 Å². The molecule has 1 saturated heterocycles. The van der Waals surface area contributed by atoms with Crippen LogP contribution in [0.3, 0.4) is 0 Å². The molecule has 2 heterocycles. The van der Waals surface area contributed by atoms with Crippen molar-refractivity contribution in [2.75, 3.05) is 26.8 Å². The molecule has 0 saturated carbocycles. The predicted molar refractivity (Wildman–Crippen MR) is 53.0 cm³/mol. The monoisotopic (exact) mass is 193 g/mol. The highest BCUT2D eigenvalue weighted by Crippen LogP contribution is 2.18. The Labute approximate surface area is 83.9 Å². The molecule has 0 N–H and O–H groups in total. The Morgan fingerprint density at radius 1 is 1.57 bits per heavy atom. The average Bonchev–Trinajstić information content (AvgIpc) is 2.18. The molecular formula is C10H15N3O. The topological polar surface area (TPSA) is 38.2 Å². The molecule has 1 atom stereocenters. The van der Waals surface area contributed by atoms with Crippen LogP contribution in [0.1, 0.15) is 17.6 Å². The van der Waals surface area contributed by atoms with Crippen LogP contribution in [0, 0.1) is 6.92 Å². The molecule has 0 spiro atoms. The van der Waals surface area contributed by atoms with Crippen LogP contribution in [-0.2, 0) is 4.74 Å². The van der Waals surface area contributed by atoms with Crippen molar-refractivity contribution in [3.05, 3.63) is 23.8 Å². The lowest BCUT2D eigenvalue weighted by atomic mass is 10.2. The minimum Gasteiger partial charge on any atom is -0.378 e. The molecule has 1 aliphatic heterocycles. The van der Waals surface area contributed by atoms with Crippen molar-refractivity contribution in [1.29, 1.82) is 0 Å². The second-order valence-corrected chi connectivity index (χ2v) is 3.63. The highest BCUT2D eigenvalue weighted by atomic mass is 16.5. The van der Waals surface area contributed by atoms with Crippen LogP contribution >= 0.6 is 0 Å². The van der Waals surface area contributed by atoms with Crippen LogP contribution in [0.25, 0.3) is 0 Å². The van der Waals surface area contributed by atoms with Crippen molar-refractivity contribution in [2.45, 2.75) is 13.0 Å². The molecule has 0 aliphatic carbocycles. The first kappa shape index (κ1) is 9.55. The summed E-state index contributed by atoms with van der Waals surface area (Å²) in [6.45, 7) is 4.43. The molecule has 2 rings (SSSR count). The first-order chi connectivity index (χ1) is 6.77. The number of hydrogen-bond donors (Lipinski definition) is 0. The van der Waals surface area contributed by atoms with Gasteiger partial charge in [-0.1, -0.05) is 0 Å². The number of morpholine rings is 1. The van der Waals surface area contributed by atoms with E-state index in [4.69, 9.17) is 4.74 Å². The Hall–Kier alpha value is -1.00. The summed E-state index contributed by atoms with van der Waals surface area (Å²) in [4.78, 5) is 10.9. The van der Waals surface area contributed by atoms with E-state index in [1.54, 1.807) is 6.20 Å². The molecule has 76 valence electrons. The van der Waals surface area contributed by atoms with Gasteiger partial charge in [0.2, 0.25) is 0 Å². The summed E-state index contributed by atoms with van der Waals surface area (Å²) in [5.41, 5.74) is 1.01. The van der Waals surface area contributed by atoms with Gasteiger partial charge < -0.3 is 4.74 Å². The van der Waals surface area contributed by atoms with Crippen LogP contribution in [0.2, 0.25) is 0 Å². The molecule has 1 unspecified atom stereocenters. The van der Waals surface area contributed by atoms with E-state index in [1.807, 2.05) is 13.0 Å². The number of aryl methyl sites for hydroxylation is 1. The molecule has 4 nitrogen and oxygen atoms in total. The van der Waals surface area contributed by atoms with Gasteiger partial charge in [-0.05, 0) is 20.0 Å². The van der Waals surface area contributed by atoms with E-state index in [1.165, 1.54) is 0 Å². The summed E-state index contributed by atoms with van der Waals surface area (Å²) in [6, 6.07) is 2.12. The zero-order chi connectivity index (χ0) is 9.97. The summed E-state index contributed by atoms with van der Waals surface area (Å²) >= 11 is 0. The van der Waals surface area contributed by atoms with Gasteiger partial charge in [-0.3, -0.25) is 4.90 Å². The van der Waals surface area contributed by atoms with Gasteiger partial charge in [0.15, 0.2) is 0 Å². The van der Waals surface area contributed by atoms with Crippen molar-refractivity contribution in [3.63, 3.8) is 0 Å². The van der Waals surface area contributed by atoms with Crippen molar-refractivity contribution in [2.24, 2.45) is 0 Å². The highest BCUT2D eigenvalue weighted by molar-refractivity contribution is 5.04. The molecule has 0 radical (unpaired) electrons. The van der Waals surface area contributed by atoms with Crippen molar-refractivity contribution in [1.82, 2.24) is 14.9 Å². The van der Waals surface area contributed by atoms with Crippen molar-refractivity contribution >= 4 is 0 Å². The standard InChI is InChI=1S/C10H15N3O/c1-8-3-4-11-10(12-8)9-7-14-6-5-13(9)2/h3-4,9H,5-7H2,1-2H3. The first-order valence-corrected chi connectivity index (χ1v) is 4.85. The molecule has 0 bridgehead atoms. The molecule has 1 aliphatic rings. The summed E-state index contributed by atoms with van der Waals surface area (Å²) in [5.74, 6) is 0.868. The third-order valence-electron chi connectivity index (χ3n) is 2.51. The molecule has 14 heavy (non-hydrogen) atoms. The molecule has 4 heteroatoms. The SMILES string of the molecule is Cc1ccnc(C2COCCN2C)n1.